The number of hydrogen-bond donors (Lipinski definition) is 1. The van der Waals surface area contributed by atoms with E-state index < -0.39 is 12.3 Å². The largest absolute Gasteiger partial charge is 0.429 e. The van der Waals surface area contributed by atoms with Crippen LogP contribution in [0.4, 0.5) is 0 Å². The van der Waals surface area contributed by atoms with Gasteiger partial charge in [-0.05, 0) is 36.7 Å². The van der Waals surface area contributed by atoms with Gasteiger partial charge in [0.25, 0.3) is 0 Å². The molecular weight excluding hydrogens is 228 g/mol. The summed E-state index contributed by atoms with van der Waals surface area (Å²) in [7, 11) is 0. The van der Waals surface area contributed by atoms with Gasteiger partial charge in [0.15, 0.2) is 0 Å². The molecule has 0 aromatic heterocycles. The minimum atomic E-state index is -1.06. The highest BCUT2D eigenvalue weighted by molar-refractivity contribution is 5.90. The predicted octanol–water partition coefficient (Wildman–Crippen LogP) is 2.73. The molecule has 3 heteroatoms. The number of allylic oxidation sites excluding steroid dienone is 3. The molecule has 2 atom stereocenters. The van der Waals surface area contributed by atoms with Crippen molar-refractivity contribution in [3.05, 3.63) is 36.0 Å². The lowest BCUT2D eigenvalue weighted by molar-refractivity contribution is -0.151. The number of carbonyl (C=O) groups is 1. The Labute approximate surface area is 108 Å². The molecule has 0 aromatic carbocycles. The number of ether oxygens (including phenoxy) is 1. The quantitative estimate of drug-likeness (QED) is 0.781. The van der Waals surface area contributed by atoms with Gasteiger partial charge in [0.05, 0.1) is 0 Å². The summed E-state index contributed by atoms with van der Waals surface area (Å²) >= 11 is 0. The lowest BCUT2D eigenvalue weighted by atomic mass is 9.67. The number of aliphatic hydroxyl groups excluding tert-OH is 1. The van der Waals surface area contributed by atoms with Crippen molar-refractivity contribution in [2.24, 2.45) is 11.3 Å². The van der Waals surface area contributed by atoms with Crippen molar-refractivity contribution >= 4 is 5.97 Å². The minimum Gasteiger partial charge on any atom is -0.429 e. The molecule has 0 fully saturated rings. The first-order valence-corrected chi connectivity index (χ1v) is 6.35. The van der Waals surface area contributed by atoms with Crippen LogP contribution in [0.25, 0.3) is 0 Å². The summed E-state index contributed by atoms with van der Waals surface area (Å²) in [5, 5.41) is 9.21. The van der Waals surface area contributed by atoms with Crippen LogP contribution in [-0.2, 0) is 9.53 Å². The SMILES string of the molecule is C=C1C=CCC(C)(C)C1CCC1=CC(O)OC1=O. The zero-order valence-electron chi connectivity index (χ0n) is 11.0. The lowest BCUT2D eigenvalue weighted by Gasteiger charge is -2.37. The molecule has 0 spiro atoms. The fraction of sp³-hybridized carbons (Fsp3) is 0.533. The molecule has 1 heterocycles. The van der Waals surface area contributed by atoms with Crippen LogP contribution < -0.4 is 0 Å². The summed E-state index contributed by atoms with van der Waals surface area (Å²) in [5.74, 6) is -0.0220. The number of carbonyl (C=O) groups excluding carboxylic acids is 1. The number of esters is 1. The van der Waals surface area contributed by atoms with E-state index in [-0.39, 0.29) is 5.41 Å². The average Bonchev–Trinajstić information content (AvgIpc) is 2.56. The van der Waals surface area contributed by atoms with Crippen molar-refractivity contribution < 1.29 is 14.6 Å². The number of hydrogen-bond acceptors (Lipinski definition) is 3. The van der Waals surface area contributed by atoms with Crippen molar-refractivity contribution in [1.29, 1.82) is 0 Å². The average molecular weight is 248 g/mol. The highest BCUT2D eigenvalue weighted by Crippen LogP contribution is 2.42. The van der Waals surface area contributed by atoms with E-state index in [1.165, 1.54) is 6.08 Å². The molecule has 2 unspecified atom stereocenters. The van der Waals surface area contributed by atoms with Gasteiger partial charge in [-0.15, -0.1) is 0 Å². The van der Waals surface area contributed by atoms with Gasteiger partial charge in [-0.3, -0.25) is 0 Å². The zero-order chi connectivity index (χ0) is 13.3. The van der Waals surface area contributed by atoms with E-state index in [0.29, 0.717) is 17.9 Å². The van der Waals surface area contributed by atoms with E-state index in [9.17, 15) is 9.90 Å². The molecule has 1 aliphatic carbocycles. The molecule has 2 aliphatic rings. The summed E-state index contributed by atoms with van der Waals surface area (Å²) in [6.45, 7) is 8.55. The van der Waals surface area contributed by atoms with Crippen LogP contribution in [-0.4, -0.2) is 17.4 Å². The second-order valence-electron chi connectivity index (χ2n) is 5.75. The molecule has 3 nitrogen and oxygen atoms in total. The summed E-state index contributed by atoms with van der Waals surface area (Å²) in [6, 6.07) is 0. The van der Waals surface area contributed by atoms with Crippen LogP contribution in [0.5, 0.6) is 0 Å². The maximum Gasteiger partial charge on any atom is 0.336 e. The van der Waals surface area contributed by atoms with Gasteiger partial charge >= 0.3 is 5.97 Å². The Morgan fingerprint density at radius 1 is 1.56 bits per heavy atom. The van der Waals surface area contributed by atoms with E-state index in [4.69, 9.17) is 0 Å². The fourth-order valence-corrected chi connectivity index (χ4v) is 2.80. The third-order valence-electron chi connectivity index (χ3n) is 3.90. The molecule has 1 N–H and O–H groups in total. The molecule has 2 rings (SSSR count). The maximum absolute atomic E-state index is 11.4. The topological polar surface area (TPSA) is 46.5 Å². The molecule has 18 heavy (non-hydrogen) atoms. The van der Waals surface area contributed by atoms with Crippen LogP contribution in [0.3, 0.4) is 0 Å². The first-order valence-electron chi connectivity index (χ1n) is 6.35. The van der Waals surface area contributed by atoms with Crippen LogP contribution in [0.15, 0.2) is 36.0 Å². The Morgan fingerprint density at radius 2 is 2.28 bits per heavy atom. The minimum absolute atomic E-state index is 0.174. The Balaban J connectivity index is 2.01. The molecule has 0 saturated heterocycles. The maximum atomic E-state index is 11.4. The van der Waals surface area contributed by atoms with Crippen LogP contribution in [0, 0.1) is 11.3 Å². The van der Waals surface area contributed by atoms with Crippen LogP contribution in [0.1, 0.15) is 33.1 Å². The smallest absolute Gasteiger partial charge is 0.336 e. The van der Waals surface area contributed by atoms with Gasteiger partial charge in [-0.2, -0.15) is 0 Å². The summed E-state index contributed by atoms with van der Waals surface area (Å²) < 4.78 is 4.68. The molecule has 0 aromatic rings. The Morgan fingerprint density at radius 3 is 2.83 bits per heavy atom. The van der Waals surface area contributed by atoms with Gasteiger partial charge < -0.3 is 9.84 Å². The van der Waals surface area contributed by atoms with Gasteiger partial charge in [0.2, 0.25) is 6.29 Å². The van der Waals surface area contributed by atoms with Gasteiger partial charge in [-0.25, -0.2) is 4.79 Å². The second kappa shape index (κ2) is 4.73. The molecule has 0 radical (unpaired) electrons. The lowest BCUT2D eigenvalue weighted by Crippen LogP contribution is -2.27. The summed E-state index contributed by atoms with van der Waals surface area (Å²) in [6.07, 6.45) is 7.20. The fourth-order valence-electron chi connectivity index (χ4n) is 2.80. The Bertz CT molecular complexity index is 429. The van der Waals surface area contributed by atoms with E-state index in [2.05, 4.69) is 37.3 Å². The first kappa shape index (κ1) is 13.1. The van der Waals surface area contributed by atoms with Crippen molar-refractivity contribution in [2.75, 3.05) is 0 Å². The van der Waals surface area contributed by atoms with Crippen LogP contribution >= 0.6 is 0 Å². The van der Waals surface area contributed by atoms with Gasteiger partial charge in [0, 0.05) is 5.57 Å². The van der Waals surface area contributed by atoms with Crippen molar-refractivity contribution in [2.45, 2.75) is 39.4 Å². The molecular formula is C15H20O3. The van der Waals surface area contributed by atoms with Crippen molar-refractivity contribution in [3.63, 3.8) is 0 Å². The third-order valence-corrected chi connectivity index (χ3v) is 3.90. The molecule has 0 bridgehead atoms. The summed E-state index contributed by atoms with van der Waals surface area (Å²) in [4.78, 5) is 11.4. The van der Waals surface area contributed by atoms with Crippen LogP contribution in [0.2, 0.25) is 0 Å². The zero-order valence-corrected chi connectivity index (χ0v) is 11.0. The highest BCUT2D eigenvalue weighted by Gasteiger charge is 2.33. The molecule has 0 saturated carbocycles. The predicted molar refractivity (Wildman–Crippen MR) is 69.6 cm³/mol. The van der Waals surface area contributed by atoms with E-state index >= 15 is 0 Å². The second-order valence-corrected chi connectivity index (χ2v) is 5.75. The van der Waals surface area contributed by atoms with Gasteiger partial charge in [-0.1, -0.05) is 38.2 Å². The molecule has 1 aliphatic heterocycles. The third kappa shape index (κ3) is 2.56. The Hall–Kier alpha value is -1.35. The van der Waals surface area contributed by atoms with Crippen molar-refractivity contribution in [3.8, 4) is 0 Å². The summed E-state index contributed by atoms with van der Waals surface area (Å²) in [5.41, 5.74) is 1.88. The number of rotatable bonds is 3. The van der Waals surface area contributed by atoms with Crippen molar-refractivity contribution in [1.82, 2.24) is 0 Å². The van der Waals surface area contributed by atoms with E-state index in [1.54, 1.807) is 0 Å². The normalized spacial score (nSPS) is 30.3. The molecule has 98 valence electrons. The van der Waals surface area contributed by atoms with Gasteiger partial charge in [0.1, 0.15) is 0 Å². The number of cyclic esters (lactones) is 1. The monoisotopic (exact) mass is 248 g/mol. The first-order chi connectivity index (χ1) is 8.40. The Kier molecular flexibility index (Phi) is 3.44. The van der Waals surface area contributed by atoms with E-state index in [1.807, 2.05) is 0 Å². The number of aliphatic hydroxyl groups is 1. The highest BCUT2D eigenvalue weighted by atomic mass is 16.6. The van der Waals surface area contributed by atoms with E-state index in [0.717, 1.165) is 18.4 Å². The molecule has 0 amide bonds. The standard InChI is InChI=1S/C15H20O3/c1-10-5-4-8-15(2,3)12(10)7-6-11-9-13(16)18-14(11)17/h4-5,9,12-13,16H,1,6-8H2,2-3H3.